The van der Waals surface area contributed by atoms with E-state index in [9.17, 15) is 0 Å². The maximum absolute atomic E-state index is 7.40. The molecule has 0 amide bonds. The Kier molecular flexibility index (Phi) is 13.0. The summed E-state index contributed by atoms with van der Waals surface area (Å²) in [7, 11) is 1.71. The van der Waals surface area contributed by atoms with Crippen molar-refractivity contribution in [1.29, 1.82) is 5.41 Å². The number of morpholine rings is 1. The zero-order chi connectivity index (χ0) is 33.0. The van der Waals surface area contributed by atoms with Gasteiger partial charge in [-0.15, -0.1) is 5.10 Å². The van der Waals surface area contributed by atoms with Crippen LogP contribution in [0.1, 0.15) is 51.5 Å². The lowest BCUT2D eigenvalue weighted by Gasteiger charge is -2.38. The number of nitrogens with two attached hydrogens (primary N) is 1. The Morgan fingerprint density at radius 3 is 2.53 bits per heavy atom. The second-order valence-corrected chi connectivity index (χ2v) is 12.3. The number of aromatic nitrogens is 4. The molecule has 1 atom stereocenters. The highest BCUT2D eigenvalue weighted by Gasteiger charge is 2.29. The third-order valence-electron chi connectivity index (χ3n) is 8.55. The number of methoxy groups -OCH3 is 1. The SMILES string of the molecule is COCCCCOc1nn(C2CCC(N3CCOCC3)CC2)cc1Nc1ncc(-c2ccc(Cl)c(O[C@@H](C)CN(C=N)NN)c2)cn1. The number of rotatable bonds is 17. The molecule has 2 aromatic heterocycles. The molecule has 0 spiro atoms. The number of hydrazine groups is 2. The van der Waals surface area contributed by atoms with Gasteiger partial charge in [0.05, 0.1) is 50.0 Å². The van der Waals surface area contributed by atoms with Crippen LogP contribution in [0.15, 0.2) is 36.8 Å². The van der Waals surface area contributed by atoms with Crippen molar-refractivity contribution in [2.45, 2.75) is 63.6 Å². The first kappa shape index (κ1) is 34.8. The van der Waals surface area contributed by atoms with Gasteiger partial charge >= 0.3 is 0 Å². The Balaban J connectivity index is 1.25. The van der Waals surface area contributed by atoms with Gasteiger partial charge in [0.2, 0.25) is 5.95 Å². The summed E-state index contributed by atoms with van der Waals surface area (Å²) in [6.07, 6.45) is 12.5. The molecule has 256 valence electrons. The number of benzene rings is 1. The molecule has 1 aromatic carbocycles. The third kappa shape index (κ3) is 9.75. The number of unbranched alkanes of at least 4 members (excludes halogenated alkanes) is 1. The Labute approximate surface area is 281 Å². The summed E-state index contributed by atoms with van der Waals surface area (Å²) in [6.45, 7) is 7.18. The predicted molar refractivity (Wildman–Crippen MR) is 181 cm³/mol. The van der Waals surface area contributed by atoms with Crippen molar-refractivity contribution in [3.63, 3.8) is 0 Å². The monoisotopic (exact) mass is 670 g/mol. The highest BCUT2D eigenvalue weighted by molar-refractivity contribution is 6.32. The fourth-order valence-corrected chi connectivity index (χ4v) is 6.17. The van der Waals surface area contributed by atoms with Crippen molar-refractivity contribution >= 4 is 29.6 Å². The lowest BCUT2D eigenvalue weighted by Crippen LogP contribution is -2.46. The first-order valence-corrected chi connectivity index (χ1v) is 16.7. The molecule has 1 saturated carbocycles. The van der Waals surface area contributed by atoms with Gasteiger partial charge in [-0.3, -0.25) is 25.8 Å². The van der Waals surface area contributed by atoms with Crippen molar-refractivity contribution < 1.29 is 18.9 Å². The van der Waals surface area contributed by atoms with E-state index in [-0.39, 0.29) is 6.10 Å². The minimum atomic E-state index is -0.291. The van der Waals surface area contributed by atoms with Crippen molar-refractivity contribution in [2.24, 2.45) is 5.84 Å². The summed E-state index contributed by atoms with van der Waals surface area (Å²) in [5.74, 6) is 6.93. The van der Waals surface area contributed by atoms with Crippen molar-refractivity contribution in [1.82, 2.24) is 35.2 Å². The van der Waals surface area contributed by atoms with Crippen LogP contribution in [0.25, 0.3) is 11.1 Å². The van der Waals surface area contributed by atoms with Crippen LogP contribution in [0.5, 0.6) is 11.6 Å². The van der Waals surface area contributed by atoms with E-state index in [0.717, 1.165) is 88.0 Å². The molecule has 1 saturated heterocycles. The average molecular weight is 671 g/mol. The van der Waals surface area contributed by atoms with Gasteiger partial charge < -0.3 is 24.3 Å². The molecular weight excluding hydrogens is 624 g/mol. The quantitative estimate of drug-likeness (QED) is 0.0527. The number of nitrogens with one attached hydrogen (secondary N) is 3. The lowest BCUT2D eigenvalue weighted by atomic mass is 9.90. The first-order valence-electron chi connectivity index (χ1n) is 16.3. The normalized spacial score (nSPS) is 19.2. The molecule has 3 aromatic rings. The van der Waals surface area contributed by atoms with E-state index in [1.807, 2.05) is 25.3 Å². The van der Waals surface area contributed by atoms with Crippen molar-refractivity contribution in [3.8, 4) is 22.8 Å². The van der Waals surface area contributed by atoms with Crippen LogP contribution in [0.2, 0.25) is 5.02 Å². The number of halogens is 1. The molecule has 3 heterocycles. The van der Waals surface area contributed by atoms with Gasteiger partial charge in [0, 0.05) is 50.8 Å². The number of hydrogen-bond donors (Lipinski definition) is 4. The number of ether oxygens (including phenoxy) is 4. The Bertz CT molecular complexity index is 1400. The molecule has 1 aliphatic heterocycles. The van der Waals surface area contributed by atoms with Crippen LogP contribution >= 0.6 is 11.6 Å². The molecule has 47 heavy (non-hydrogen) atoms. The van der Waals surface area contributed by atoms with Gasteiger partial charge in [0.1, 0.15) is 17.5 Å². The van der Waals surface area contributed by atoms with Crippen LogP contribution in [-0.2, 0) is 9.47 Å². The summed E-state index contributed by atoms with van der Waals surface area (Å²) >= 11 is 6.43. The molecule has 5 rings (SSSR count). The largest absolute Gasteiger partial charge is 0.487 e. The molecule has 0 unspecified atom stereocenters. The van der Waals surface area contributed by atoms with Crippen LogP contribution in [0.4, 0.5) is 11.6 Å². The topological polar surface area (TPSA) is 161 Å². The molecule has 1 aliphatic carbocycles. The van der Waals surface area contributed by atoms with Gasteiger partial charge in [0.15, 0.2) is 0 Å². The molecule has 0 bridgehead atoms. The van der Waals surface area contributed by atoms with Gasteiger partial charge in [-0.1, -0.05) is 17.7 Å². The first-order chi connectivity index (χ1) is 23.0. The zero-order valence-corrected chi connectivity index (χ0v) is 28.0. The lowest BCUT2D eigenvalue weighted by molar-refractivity contribution is 0.00503. The van der Waals surface area contributed by atoms with Crippen LogP contribution < -0.4 is 26.2 Å². The standard InChI is InChI=1S/C32H47ClN10O4/c1-23(20-42(22-34)40-35)47-30-17-24(5-10-28(30)33)25-18-36-32(37-19-25)38-29-21-43(39-31(29)46-14-4-3-13-44-2)27-8-6-26(7-9-27)41-11-15-45-16-12-41/h5,10,17-19,21-23,26-27,34,40H,3-4,6-9,11-16,20,35H2,1-2H3,(H,36,37,38)/t23-,26?,27?/m0/s1. The molecule has 0 radical (unpaired) electrons. The fourth-order valence-electron chi connectivity index (χ4n) is 6.01. The second-order valence-electron chi connectivity index (χ2n) is 11.9. The van der Waals surface area contributed by atoms with E-state index >= 15 is 0 Å². The van der Waals surface area contributed by atoms with E-state index in [1.54, 1.807) is 25.6 Å². The third-order valence-corrected chi connectivity index (χ3v) is 8.86. The van der Waals surface area contributed by atoms with E-state index in [0.29, 0.717) is 54.4 Å². The van der Waals surface area contributed by atoms with Gasteiger partial charge in [-0.25, -0.2) is 9.97 Å². The van der Waals surface area contributed by atoms with Gasteiger partial charge in [-0.05, 0) is 63.1 Å². The number of hydrogen-bond acceptors (Lipinski definition) is 12. The summed E-state index contributed by atoms with van der Waals surface area (Å²) in [5, 5.41) is 17.5. The highest BCUT2D eigenvalue weighted by atomic mass is 35.5. The molecule has 2 fully saturated rings. The van der Waals surface area contributed by atoms with Crippen molar-refractivity contribution in [2.75, 3.05) is 58.5 Å². The van der Waals surface area contributed by atoms with E-state index < -0.39 is 0 Å². The molecule has 2 aliphatic rings. The summed E-state index contributed by atoms with van der Waals surface area (Å²) in [6, 6.07) is 6.45. The van der Waals surface area contributed by atoms with Crippen LogP contribution in [0.3, 0.4) is 0 Å². The minimum Gasteiger partial charge on any atom is -0.487 e. The zero-order valence-electron chi connectivity index (χ0n) is 27.2. The Morgan fingerprint density at radius 2 is 1.83 bits per heavy atom. The minimum absolute atomic E-state index is 0.291. The highest BCUT2D eigenvalue weighted by Crippen LogP contribution is 2.35. The Morgan fingerprint density at radius 1 is 1.11 bits per heavy atom. The molecule has 15 heteroatoms. The van der Waals surface area contributed by atoms with Crippen LogP contribution in [-0.4, -0.2) is 101 Å². The maximum atomic E-state index is 7.40. The van der Waals surface area contributed by atoms with Gasteiger partial charge in [0.25, 0.3) is 5.88 Å². The predicted octanol–water partition coefficient (Wildman–Crippen LogP) is 4.41. The van der Waals surface area contributed by atoms with E-state index in [1.165, 1.54) is 5.01 Å². The number of nitrogens with zero attached hydrogens (tertiary/aromatic N) is 6. The summed E-state index contributed by atoms with van der Waals surface area (Å²) in [4.78, 5) is 11.8. The second kappa shape index (κ2) is 17.6. The maximum Gasteiger partial charge on any atom is 0.256 e. The summed E-state index contributed by atoms with van der Waals surface area (Å²) in [5.41, 5.74) is 4.82. The fraction of sp³-hybridized carbons (Fsp3) is 0.562. The number of anilines is 2. The van der Waals surface area contributed by atoms with E-state index in [2.05, 4.69) is 30.4 Å². The Hall–Kier alpha value is -3.53. The molecular formula is C32H47ClN10O4. The molecule has 5 N–H and O–H groups in total. The van der Waals surface area contributed by atoms with Crippen molar-refractivity contribution in [3.05, 3.63) is 41.8 Å². The molecule has 14 nitrogen and oxygen atoms in total. The smallest absolute Gasteiger partial charge is 0.256 e. The van der Waals surface area contributed by atoms with Crippen LogP contribution in [0, 0.1) is 5.41 Å². The van der Waals surface area contributed by atoms with Gasteiger partial charge in [-0.2, -0.15) is 5.53 Å². The summed E-state index contributed by atoms with van der Waals surface area (Å²) < 4.78 is 25.0. The average Bonchev–Trinajstić information content (AvgIpc) is 3.51. The van der Waals surface area contributed by atoms with E-state index in [4.69, 9.17) is 46.9 Å².